The highest BCUT2D eigenvalue weighted by molar-refractivity contribution is 5.19. The third-order valence-electron chi connectivity index (χ3n) is 3.29. The topological polar surface area (TPSA) is 35.2 Å². The Hall–Kier alpha value is -1.00. The lowest BCUT2D eigenvalue weighted by molar-refractivity contribution is 0.118. The number of hydrogen-bond donors (Lipinski definition) is 1. The molecule has 0 aromatic heterocycles. The highest BCUT2D eigenvalue weighted by Gasteiger charge is 2.27. The zero-order valence-electron chi connectivity index (χ0n) is 9.83. The van der Waals surface area contributed by atoms with E-state index in [-0.39, 0.29) is 12.1 Å². The summed E-state index contributed by atoms with van der Waals surface area (Å²) in [5, 5.41) is 0. The number of benzene rings is 1. The van der Waals surface area contributed by atoms with Crippen LogP contribution in [0, 0.1) is 17.6 Å². The van der Waals surface area contributed by atoms with Crippen LogP contribution in [0.15, 0.2) is 18.2 Å². The molecule has 1 fully saturated rings. The van der Waals surface area contributed by atoms with Crippen LogP contribution in [0.4, 0.5) is 8.78 Å². The molecule has 2 rings (SSSR count). The Balaban J connectivity index is 1.98. The minimum atomic E-state index is -0.819. The zero-order chi connectivity index (χ0) is 12.4. The molecule has 1 aromatic carbocycles. The van der Waals surface area contributed by atoms with Crippen molar-refractivity contribution in [3.63, 3.8) is 0 Å². The van der Waals surface area contributed by atoms with E-state index in [1.807, 2.05) is 6.92 Å². The van der Waals surface area contributed by atoms with Crippen molar-refractivity contribution in [1.82, 2.24) is 0 Å². The molecule has 0 amide bonds. The molecule has 2 nitrogen and oxygen atoms in total. The lowest BCUT2D eigenvalue weighted by atomic mass is 9.92. The number of nitrogens with two attached hydrogens (primary N) is 1. The predicted octanol–water partition coefficient (Wildman–Crippen LogP) is 2.26. The number of ether oxygens (including phenoxy) is 1. The summed E-state index contributed by atoms with van der Waals surface area (Å²) in [5.41, 5.74) is 6.80. The number of halogens is 2. The second kappa shape index (κ2) is 5.10. The summed E-state index contributed by atoms with van der Waals surface area (Å²) in [6, 6.07) is 3.88. The fourth-order valence-electron chi connectivity index (χ4n) is 2.25. The van der Waals surface area contributed by atoms with Crippen LogP contribution in [0.3, 0.4) is 0 Å². The first-order chi connectivity index (χ1) is 8.06. The third-order valence-corrected chi connectivity index (χ3v) is 3.29. The van der Waals surface area contributed by atoms with Gasteiger partial charge in [-0.25, -0.2) is 8.78 Å². The highest BCUT2D eigenvalue weighted by Crippen LogP contribution is 2.23. The van der Waals surface area contributed by atoms with E-state index in [9.17, 15) is 8.78 Å². The molecule has 1 aromatic rings. The summed E-state index contributed by atoms with van der Waals surface area (Å²) in [4.78, 5) is 0. The molecule has 0 saturated carbocycles. The predicted molar refractivity (Wildman–Crippen MR) is 61.6 cm³/mol. The summed E-state index contributed by atoms with van der Waals surface area (Å²) < 4.78 is 31.2. The number of rotatable bonds is 3. The van der Waals surface area contributed by atoms with Gasteiger partial charge in [0.2, 0.25) is 0 Å². The first-order valence-electron chi connectivity index (χ1n) is 5.87. The molecule has 2 N–H and O–H groups in total. The first kappa shape index (κ1) is 12.5. The fraction of sp³-hybridized carbons (Fsp3) is 0.538. The maximum atomic E-state index is 13.0. The Morgan fingerprint density at radius 1 is 1.41 bits per heavy atom. The Bertz CT molecular complexity index is 397. The van der Waals surface area contributed by atoms with Crippen LogP contribution >= 0.6 is 0 Å². The van der Waals surface area contributed by atoms with Gasteiger partial charge in [0.15, 0.2) is 11.6 Å². The van der Waals surface area contributed by atoms with Gasteiger partial charge in [0, 0.05) is 12.0 Å². The minimum Gasteiger partial charge on any atom is -0.378 e. The van der Waals surface area contributed by atoms with Gasteiger partial charge in [-0.05, 0) is 37.5 Å². The van der Waals surface area contributed by atoms with Gasteiger partial charge in [0.05, 0.1) is 12.7 Å². The average Bonchev–Trinajstić information content (AvgIpc) is 2.70. The molecule has 94 valence electrons. The monoisotopic (exact) mass is 241 g/mol. The molecule has 0 bridgehead atoms. The van der Waals surface area contributed by atoms with E-state index in [2.05, 4.69) is 0 Å². The summed E-state index contributed by atoms with van der Waals surface area (Å²) in [5.74, 6) is -1.33. The van der Waals surface area contributed by atoms with Gasteiger partial charge in [-0.1, -0.05) is 6.07 Å². The molecule has 1 heterocycles. The maximum Gasteiger partial charge on any atom is 0.159 e. The van der Waals surface area contributed by atoms with Gasteiger partial charge >= 0.3 is 0 Å². The first-order valence-corrected chi connectivity index (χ1v) is 5.87. The van der Waals surface area contributed by atoms with Gasteiger partial charge < -0.3 is 10.5 Å². The zero-order valence-corrected chi connectivity index (χ0v) is 9.83. The molecule has 4 heteroatoms. The molecule has 1 aliphatic heterocycles. The van der Waals surface area contributed by atoms with Crippen LogP contribution in [0.2, 0.25) is 0 Å². The van der Waals surface area contributed by atoms with E-state index < -0.39 is 11.6 Å². The minimum absolute atomic E-state index is 0.0650. The molecular weight excluding hydrogens is 224 g/mol. The molecule has 17 heavy (non-hydrogen) atoms. The SMILES string of the molecule is CC1CC(C(N)Cc2ccc(F)c(F)c2)CO1. The largest absolute Gasteiger partial charge is 0.378 e. The third kappa shape index (κ3) is 3.01. The molecule has 3 unspecified atom stereocenters. The maximum absolute atomic E-state index is 13.0. The van der Waals surface area contributed by atoms with E-state index in [1.165, 1.54) is 6.07 Å². The smallest absolute Gasteiger partial charge is 0.159 e. The quantitative estimate of drug-likeness (QED) is 0.881. The molecular formula is C13H17F2NO. The molecule has 1 aliphatic rings. The van der Waals surface area contributed by atoms with Crippen LogP contribution in [0.1, 0.15) is 18.9 Å². The summed E-state index contributed by atoms with van der Waals surface area (Å²) in [6.45, 7) is 2.68. The lowest BCUT2D eigenvalue weighted by Gasteiger charge is -2.17. The Labute approximate surface area is 99.8 Å². The highest BCUT2D eigenvalue weighted by atomic mass is 19.2. The van der Waals surface area contributed by atoms with E-state index in [0.717, 1.165) is 18.1 Å². The molecule has 3 atom stereocenters. The molecule has 0 spiro atoms. The number of hydrogen-bond acceptors (Lipinski definition) is 2. The second-order valence-corrected chi connectivity index (χ2v) is 4.76. The standard InChI is InChI=1S/C13H17F2NO/c1-8-4-10(7-17-8)13(16)6-9-2-3-11(14)12(15)5-9/h2-3,5,8,10,13H,4,6-7,16H2,1H3. The van der Waals surface area contributed by atoms with Crippen molar-refractivity contribution >= 4 is 0 Å². The van der Waals surface area contributed by atoms with E-state index >= 15 is 0 Å². The molecule has 0 radical (unpaired) electrons. The van der Waals surface area contributed by atoms with Gasteiger partial charge in [0.25, 0.3) is 0 Å². The molecule has 0 aliphatic carbocycles. The van der Waals surface area contributed by atoms with Crippen molar-refractivity contribution in [3.05, 3.63) is 35.4 Å². The second-order valence-electron chi connectivity index (χ2n) is 4.76. The Morgan fingerprint density at radius 3 is 2.76 bits per heavy atom. The fourth-order valence-corrected chi connectivity index (χ4v) is 2.25. The van der Waals surface area contributed by atoms with E-state index in [1.54, 1.807) is 6.07 Å². The summed E-state index contributed by atoms with van der Waals surface area (Å²) in [6.07, 6.45) is 1.74. The Morgan fingerprint density at radius 2 is 2.18 bits per heavy atom. The van der Waals surface area contributed by atoms with Gasteiger partial charge in [-0.2, -0.15) is 0 Å². The van der Waals surface area contributed by atoms with Gasteiger partial charge in [0.1, 0.15) is 0 Å². The van der Waals surface area contributed by atoms with Crippen molar-refractivity contribution < 1.29 is 13.5 Å². The van der Waals surface area contributed by atoms with Crippen molar-refractivity contribution in [2.24, 2.45) is 11.7 Å². The summed E-state index contributed by atoms with van der Waals surface area (Å²) in [7, 11) is 0. The van der Waals surface area contributed by atoms with E-state index in [0.29, 0.717) is 18.9 Å². The lowest BCUT2D eigenvalue weighted by Crippen LogP contribution is -2.32. The van der Waals surface area contributed by atoms with Crippen LogP contribution in [0.5, 0.6) is 0 Å². The van der Waals surface area contributed by atoms with Gasteiger partial charge in [-0.3, -0.25) is 0 Å². The van der Waals surface area contributed by atoms with Gasteiger partial charge in [-0.15, -0.1) is 0 Å². The van der Waals surface area contributed by atoms with Crippen LogP contribution in [0.25, 0.3) is 0 Å². The van der Waals surface area contributed by atoms with Crippen LogP contribution < -0.4 is 5.73 Å². The normalized spacial score (nSPS) is 26.1. The summed E-state index contributed by atoms with van der Waals surface area (Å²) >= 11 is 0. The van der Waals surface area contributed by atoms with Crippen LogP contribution in [-0.2, 0) is 11.2 Å². The Kier molecular flexibility index (Phi) is 3.74. The van der Waals surface area contributed by atoms with Crippen molar-refractivity contribution in [3.8, 4) is 0 Å². The van der Waals surface area contributed by atoms with Crippen molar-refractivity contribution in [1.29, 1.82) is 0 Å². The van der Waals surface area contributed by atoms with E-state index in [4.69, 9.17) is 10.5 Å². The van der Waals surface area contributed by atoms with Crippen LogP contribution in [-0.4, -0.2) is 18.8 Å². The average molecular weight is 241 g/mol. The molecule has 1 saturated heterocycles. The van der Waals surface area contributed by atoms with Crippen molar-refractivity contribution in [2.45, 2.75) is 31.9 Å². The van der Waals surface area contributed by atoms with Crippen molar-refractivity contribution in [2.75, 3.05) is 6.61 Å².